The van der Waals surface area contributed by atoms with Crippen LogP contribution in [0, 0.1) is 9.18 Å². The summed E-state index contributed by atoms with van der Waals surface area (Å²) in [6, 6.07) is 3.43. The Balaban J connectivity index is 2.98. The summed E-state index contributed by atoms with van der Waals surface area (Å²) >= 11 is 2.02. The lowest BCUT2D eigenvalue weighted by Gasteiger charge is -1.86. The number of hydrogen-bond acceptors (Lipinski definition) is 2. The van der Waals surface area contributed by atoms with Gasteiger partial charge in [0.15, 0.2) is 15.4 Å². The van der Waals surface area contributed by atoms with E-state index in [1.54, 1.807) is 12.1 Å². The van der Waals surface area contributed by atoms with Gasteiger partial charge >= 0.3 is 0 Å². The van der Waals surface area contributed by atoms with Crippen LogP contribution in [-0.4, -0.2) is 5.84 Å². The molecule has 3 N–H and O–H groups in total. The van der Waals surface area contributed by atoms with Crippen molar-refractivity contribution in [1.82, 2.24) is 0 Å². The van der Waals surface area contributed by atoms with Gasteiger partial charge in [-0.3, -0.25) is 5.41 Å². The molecular formula is C5H5IN2O. The highest BCUT2D eigenvalue weighted by Crippen LogP contribution is 2.08. The Labute approximate surface area is 65.9 Å². The molecule has 0 atom stereocenters. The van der Waals surface area contributed by atoms with Crippen LogP contribution < -0.4 is 5.73 Å². The number of nitrogens with one attached hydrogen (secondary N) is 1. The molecule has 1 aromatic heterocycles. The number of nitrogen functional groups attached to an aromatic ring is 1. The standard InChI is InChI=1S/C5H5IN2O/c6-4-2-1-3(9-4)5(7)8/h1-2H,(H3,7,8). The lowest BCUT2D eigenvalue weighted by Crippen LogP contribution is -2.09. The molecule has 0 aliphatic carbocycles. The van der Waals surface area contributed by atoms with Crippen molar-refractivity contribution in [2.45, 2.75) is 0 Å². The molecule has 4 heteroatoms. The van der Waals surface area contributed by atoms with Crippen molar-refractivity contribution in [3.63, 3.8) is 0 Å². The van der Waals surface area contributed by atoms with Crippen molar-refractivity contribution >= 4 is 28.4 Å². The lowest BCUT2D eigenvalue weighted by molar-refractivity contribution is 0.528. The molecule has 0 saturated carbocycles. The Morgan fingerprint density at radius 2 is 2.33 bits per heavy atom. The van der Waals surface area contributed by atoms with Gasteiger partial charge in [0.05, 0.1) is 0 Å². The predicted molar refractivity (Wildman–Crippen MR) is 42.4 cm³/mol. The minimum Gasteiger partial charge on any atom is -0.447 e. The van der Waals surface area contributed by atoms with E-state index in [1.807, 2.05) is 22.6 Å². The SMILES string of the molecule is N=C(N)c1ccc(I)o1. The molecule has 1 rings (SSSR count). The Hall–Kier alpha value is -0.520. The summed E-state index contributed by atoms with van der Waals surface area (Å²) in [5.41, 5.74) is 5.11. The van der Waals surface area contributed by atoms with Gasteiger partial charge in [0, 0.05) is 0 Å². The van der Waals surface area contributed by atoms with Gasteiger partial charge in [0.25, 0.3) is 0 Å². The molecule has 1 aromatic rings. The molecule has 0 aliphatic rings. The number of furan rings is 1. The second-order valence-electron chi connectivity index (χ2n) is 1.52. The Kier molecular flexibility index (Phi) is 1.75. The summed E-state index contributed by atoms with van der Waals surface area (Å²) in [6.45, 7) is 0. The monoisotopic (exact) mass is 236 g/mol. The Morgan fingerprint density at radius 3 is 2.56 bits per heavy atom. The van der Waals surface area contributed by atoms with Crippen LogP contribution in [-0.2, 0) is 0 Å². The van der Waals surface area contributed by atoms with Crippen molar-refractivity contribution in [3.8, 4) is 0 Å². The maximum Gasteiger partial charge on any atom is 0.169 e. The first-order chi connectivity index (χ1) is 4.20. The Bertz CT molecular complexity index is 231. The van der Waals surface area contributed by atoms with E-state index < -0.39 is 0 Å². The zero-order valence-electron chi connectivity index (χ0n) is 4.52. The summed E-state index contributed by atoms with van der Waals surface area (Å²) in [7, 11) is 0. The molecule has 48 valence electrons. The van der Waals surface area contributed by atoms with Crippen LogP contribution in [0.4, 0.5) is 0 Å². The quantitative estimate of drug-likeness (QED) is 0.436. The second kappa shape index (κ2) is 2.38. The molecule has 0 radical (unpaired) electrons. The van der Waals surface area contributed by atoms with Crippen LogP contribution in [0.25, 0.3) is 0 Å². The highest BCUT2D eigenvalue weighted by Gasteiger charge is 1.99. The van der Waals surface area contributed by atoms with Crippen LogP contribution >= 0.6 is 22.6 Å². The summed E-state index contributed by atoms with van der Waals surface area (Å²) in [5.74, 6) is 0.400. The highest BCUT2D eigenvalue weighted by atomic mass is 127. The number of hydrogen-bond donors (Lipinski definition) is 2. The first-order valence-electron chi connectivity index (χ1n) is 2.30. The van der Waals surface area contributed by atoms with Crippen molar-refractivity contribution in [2.24, 2.45) is 5.73 Å². The van der Waals surface area contributed by atoms with E-state index in [0.29, 0.717) is 5.76 Å². The number of rotatable bonds is 1. The average molecular weight is 236 g/mol. The zero-order valence-corrected chi connectivity index (χ0v) is 6.68. The summed E-state index contributed by atoms with van der Waals surface area (Å²) in [5, 5.41) is 6.93. The van der Waals surface area contributed by atoms with Gasteiger partial charge in [-0.2, -0.15) is 0 Å². The van der Waals surface area contributed by atoms with Crippen LogP contribution in [0.1, 0.15) is 5.76 Å². The van der Waals surface area contributed by atoms with Crippen molar-refractivity contribution in [2.75, 3.05) is 0 Å². The molecule has 9 heavy (non-hydrogen) atoms. The van der Waals surface area contributed by atoms with Gasteiger partial charge < -0.3 is 10.2 Å². The molecule has 0 aliphatic heterocycles. The maximum atomic E-state index is 6.93. The smallest absolute Gasteiger partial charge is 0.169 e. The maximum absolute atomic E-state index is 6.93. The molecule has 0 aromatic carbocycles. The van der Waals surface area contributed by atoms with Gasteiger partial charge in [-0.05, 0) is 34.7 Å². The van der Waals surface area contributed by atoms with Crippen molar-refractivity contribution in [3.05, 3.63) is 21.7 Å². The number of nitrogens with two attached hydrogens (primary N) is 1. The van der Waals surface area contributed by atoms with E-state index in [4.69, 9.17) is 15.6 Å². The second-order valence-corrected chi connectivity index (χ2v) is 2.58. The predicted octanol–water partition coefficient (Wildman–Crippen LogP) is 1.17. The third-order valence-corrected chi connectivity index (χ3v) is 1.42. The fraction of sp³-hybridized carbons (Fsp3) is 0. The summed E-state index contributed by atoms with van der Waals surface area (Å²) in [6.07, 6.45) is 0. The summed E-state index contributed by atoms with van der Waals surface area (Å²) < 4.78 is 5.73. The molecule has 0 unspecified atom stereocenters. The van der Waals surface area contributed by atoms with E-state index in [9.17, 15) is 0 Å². The van der Waals surface area contributed by atoms with Crippen LogP contribution in [0.3, 0.4) is 0 Å². The molecule has 0 bridgehead atoms. The number of amidine groups is 1. The third kappa shape index (κ3) is 1.44. The molecule has 0 amide bonds. The average Bonchev–Trinajstić information content (AvgIpc) is 2.14. The lowest BCUT2D eigenvalue weighted by atomic mass is 10.4. The van der Waals surface area contributed by atoms with Crippen LogP contribution in [0.5, 0.6) is 0 Å². The molecule has 1 heterocycles. The van der Waals surface area contributed by atoms with E-state index in [-0.39, 0.29) is 5.84 Å². The van der Waals surface area contributed by atoms with E-state index in [2.05, 4.69) is 0 Å². The Morgan fingerprint density at radius 1 is 1.67 bits per heavy atom. The summed E-state index contributed by atoms with van der Waals surface area (Å²) in [4.78, 5) is 0. The normalized spacial score (nSPS) is 9.44. The van der Waals surface area contributed by atoms with Gasteiger partial charge in [0.2, 0.25) is 0 Å². The largest absolute Gasteiger partial charge is 0.447 e. The molecular weight excluding hydrogens is 231 g/mol. The van der Waals surface area contributed by atoms with Crippen molar-refractivity contribution < 1.29 is 4.42 Å². The van der Waals surface area contributed by atoms with Gasteiger partial charge in [-0.25, -0.2) is 0 Å². The zero-order chi connectivity index (χ0) is 6.85. The molecule has 0 saturated heterocycles. The van der Waals surface area contributed by atoms with Crippen molar-refractivity contribution in [1.29, 1.82) is 5.41 Å². The minimum absolute atomic E-state index is 0.0297. The number of halogens is 1. The van der Waals surface area contributed by atoms with Crippen LogP contribution in [0.2, 0.25) is 0 Å². The van der Waals surface area contributed by atoms with Gasteiger partial charge in [-0.15, -0.1) is 0 Å². The van der Waals surface area contributed by atoms with E-state index in [0.717, 1.165) is 3.77 Å². The fourth-order valence-electron chi connectivity index (χ4n) is 0.459. The fourth-order valence-corrected chi connectivity index (χ4v) is 0.876. The first kappa shape index (κ1) is 6.60. The molecule has 3 nitrogen and oxygen atoms in total. The molecule has 0 fully saturated rings. The first-order valence-corrected chi connectivity index (χ1v) is 3.38. The van der Waals surface area contributed by atoms with E-state index >= 15 is 0 Å². The third-order valence-electron chi connectivity index (χ3n) is 0.839. The minimum atomic E-state index is -0.0297. The molecule has 0 spiro atoms. The van der Waals surface area contributed by atoms with Crippen LogP contribution in [0.15, 0.2) is 16.5 Å². The van der Waals surface area contributed by atoms with E-state index in [1.165, 1.54) is 0 Å². The van der Waals surface area contributed by atoms with Gasteiger partial charge in [-0.1, -0.05) is 0 Å². The highest BCUT2D eigenvalue weighted by molar-refractivity contribution is 14.1. The topological polar surface area (TPSA) is 63.0 Å². The van der Waals surface area contributed by atoms with Gasteiger partial charge in [0.1, 0.15) is 0 Å².